The van der Waals surface area contributed by atoms with Crippen molar-refractivity contribution >= 4 is 62.5 Å². The molecule has 2 amide bonds. The molecule has 1 heterocycles. The number of hydrogen-bond acceptors (Lipinski definition) is 4. The van der Waals surface area contributed by atoms with E-state index in [-0.39, 0.29) is 10.7 Å². The number of para-hydroxylation sites is 2. The molecule has 7 heteroatoms. The molecule has 0 atom stereocenters. The highest BCUT2D eigenvalue weighted by Crippen LogP contribution is 2.31. The number of anilines is 2. The Morgan fingerprint density at radius 3 is 1.81 bits per heavy atom. The van der Waals surface area contributed by atoms with E-state index in [0.717, 1.165) is 4.47 Å². The van der Waals surface area contributed by atoms with Crippen molar-refractivity contribution < 1.29 is 14.3 Å². The number of hydrogen-bond donors (Lipinski definition) is 0. The van der Waals surface area contributed by atoms with Gasteiger partial charge in [-0.05, 0) is 76.2 Å². The van der Waals surface area contributed by atoms with Gasteiger partial charge in [-0.3, -0.25) is 19.4 Å². The van der Waals surface area contributed by atoms with Crippen LogP contribution in [0.25, 0.3) is 6.08 Å². The molecule has 0 aliphatic carbocycles. The maximum Gasteiger partial charge on any atom is 0.270 e. The van der Waals surface area contributed by atoms with Gasteiger partial charge in [0.15, 0.2) is 5.11 Å². The second-order valence-electron chi connectivity index (χ2n) is 6.69. The highest BCUT2D eigenvalue weighted by atomic mass is 79.9. The van der Waals surface area contributed by atoms with Gasteiger partial charge < -0.3 is 4.74 Å². The normalized spacial score (nSPS) is 14.1. The fraction of sp³-hybridized carbons (Fsp3) is 0.0417. The largest absolute Gasteiger partial charge is 0.496 e. The molecule has 0 saturated carbocycles. The van der Waals surface area contributed by atoms with Crippen LogP contribution in [0.3, 0.4) is 0 Å². The van der Waals surface area contributed by atoms with Crippen LogP contribution in [-0.2, 0) is 9.59 Å². The van der Waals surface area contributed by atoms with Gasteiger partial charge in [0.2, 0.25) is 0 Å². The van der Waals surface area contributed by atoms with E-state index < -0.39 is 11.8 Å². The Morgan fingerprint density at radius 2 is 1.35 bits per heavy atom. The van der Waals surface area contributed by atoms with Crippen molar-refractivity contribution in [2.45, 2.75) is 0 Å². The Labute approximate surface area is 193 Å². The monoisotopic (exact) mass is 492 g/mol. The summed E-state index contributed by atoms with van der Waals surface area (Å²) < 4.78 is 5.98. The van der Waals surface area contributed by atoms with Gasteiger partial charge in [-0.25, -0.2) is 0 Å². The molecule has 0 radical (unpaired) electrons. The van der Waals surface area contributed by atoms with Gasteiger partial charge in [0.1, 0.15) is 11.3 Å². The van der Waals surface area contributed by atoms with Crippen molar-refractivity contribution in [1.82, 2.24) is 0 Å². The van der Waals surface area contributed by atoms with Crippen LogP contribution in [-0.4, -0.2) is 24.0 Å². The highest BCUT2D eigenvalue weighted by Gasteiger charge is 2.41. The highest BCUT2D eigenvalue weighted by molar-refractivity contribution is 9.10. The van der Waals surface area contributed by atoms with Crippen LogP contribution in [0.1, 0.15) is 5.56 Å². The van der Waals surface area contributed by atoms with E-state index in [4.69, 9.17) is 17.0 Å². The van der Waals surface area contributed by atoms with Crippen LogP contribution in [0.5, 0.6) is 5.75 Å². The first-order valence-corrected chi connectivity index (χ1v) is 10.6. The summed E-state index contributed by atoms with van der Waals surface area (Å²) in [5.74, 6) is -0.290. The fourth-order valence-electron chi connectivity index (χ4n) is 3.28. The second kappa shape index (κ2) is 8.83. The summed E-state index contributed by atoms with van der Waals surface area (Å²) >= 11 is 9.04. The standard InChI is InChI=1S/C24H17BrN2O3S/c1-30-21-13-12-16(15-20(21)25)14-19-22(28)26(17-8-4-2-5-9-17)24(31)27(23(19)29)18-10-6-3-7-11-18/h2-15H,1H3. The Hall–Kier alpha value is -3.29. The minimum Gasteiger partial charge on any atom is -0.496 e. The number of thiocarbonyl (C=S) groups is 1. The third kappa shape index (κ3) is 4.02. The third-order valence-corrected chi connectivity index (χ3v) is 5.75. The molecule has 3 aromatic rings. The fourth-order valence-corrected chi connectivity index (χ4v) is 4.21. The van der Waals surface area contributed by atoms with E-state index in [2.05, 4.69) is 15.9 Å². The molecule has 0 unspecified atom stereocenters. The van der Waals surface area contributed by atoms with E-state index >= 15 is 0 Å². The molecule has 0 aromatic heterocycles. The molecule has 1 saturated heterocycles. The number of carbonyl (C=O) groups is 2. The minimum atomic E-state index is -0.472. The van der Waals surface area contributed by atoms with E-state index in [1.807, 2.05) is 36.4 Å². The van der Waals surface area contributed by atoms with E-state index in [1.165, 1.54) is 9.80 Å². The van der Waals surface area contributed by atoms with Gasteiger partial charge >= 0.3 is 0 Å². The Balaban J connectivity index is 1.85. The summed E-state index contributed by atoms with van der Waals surface area (Å²) in [4.78, 5) is 29.6. The van der Waals surface area contributed by atoms with Crippen molar-refractivity contribution in [2.75, 3.05) is 16.9 Å². The molecule has 1 aliphatic heterocycles. The topological polar surface area (TPSA) is 49.9 Å². The van der Waals surface area contributed by atoms with Crippen LogP contribution < -0.4 is 14.5 Å². The molecule has 0 spiro atoms. The number of benzene rings is 3. The molecule has 1 aliphatic rings. The summed E-state index contributed by atoms with van der Waals surface area (Å²) in [5.41, 5.74) is 1.87. The number of halogens is 1. The first-order chi connectivity index (χ1) is 15.0. The summed E-state index contributed by atoms with van der Waals surface area (Å²) in [6, 6.07) is 23.4. The summed E-state index contributed by atoms with van der Waals surface area (Å²) in [5, 5.41) is 0.112. The predicted octanol–water partition coefficient (Wildman–Crippen LogP) is 5.21. The van der Waals surface area contributed by atoms with Gasteiger partial charge in [0.25, 0.3) is 11.8 Å². The lowest BCUT2D eigenvalue weighted by molar-refractivity contribution is -0.120. The number of nitrogens with zero attached hydrogens (tertiary/aromatic N) is 2. The number of ether oxygens (including phenoxy) is 1. The quantitative estimate of drug-likeness (QED) is 0.285. The van der Waals surface area contributed by atoms with Crippen molar-refractivity contribution in [2.24, 2.45) is 0 Å². The van der Waals surface area contributed by atoms with Crippen LogP contribution in [0.2, 0.25) is 0 Å². The molecule has 5 nitrogen and oxygen atoms in total. The molecular formula is C24H17BrN2O3S. The Bertz CT molecular complexity index is 1130. The van der Waals surface area contributed by atoms with E-state index in [0.29, 0.717) is 22.7 Å². The number of amides is 2. The van der Waals surface area contributed by atoms with Crippen molar-refractivity contribution in [3.63, 3.8) is 0 Å². The van der Waals surface area contributed by atoms with Crippen LogP contribution >= 0.6 is 28.1 Å². The Kier molecular flexibility index (Phi) is 5.97. The number of rotatable bonds is 4. The molecule has 4 rings (SSSR count). The molecule has 154 valence electrons. The molecule has 31 heavy (non-hydrogen) atoms. The maximum atomic E-state index is 13.4. The zero-order valence-electron chi connectivity index (χ0n) is 16.5. The van der Waals surface area contributed by atoms with E-state index in [9.17, 15) is 9.59 Å². The summed E-state index contributed by atoms with van der Waals surface area (Å²) in [7, 11) is 1.57. The lowest BCUT2D eigenvalue weighted by Gasteiger charge is -2.36. The predicted molar refractivity (Wildman–Crippen MR) is 129 cm³/mol. The molecule has 0 N–H and O–H groups in total. The number of carbonyl (C=O) groups excluding carboxylic acids is 2. The zero-order chi connectivity index (χ0) is 22.0. The molecule has 0 bridgehead atoms. The van der Waals surface area contributed by atoms with Crippen LogP contribution in [0, 0.1) is 0 Å². The van der Waals surface area contributed by atoms with Crippen molar-refractivity contribution in [3.05, 3.63) is 94.5 Å². The van der Waals surface area contributed by atoms with Crippen LogP contribution in [0.4, 0.5) is 11.4 Å². The van der Waals surface area contributed by atoms with Gasteiger partial charge in [0, 0.05) is 0 Å². The van der Waals surface area contributed by atoms with E-state index in [1.54, 1.807) is 55.7 Å². The Morgan fingerprint density at radius 1 is 0.839 bits per heavy atom. The smallest absolute Gasteiger partial charge is 0.270 e. The second-order valence-corrected chi connectivity index (χ2v) is 7.91. The minimum absolute atomic E-state index is 0.0124. The van der Waals surface area contributed by atoms with Gasteiger partial charge in [-0.1, -0.05) is 42.5 Å². The maximum absolute atomic E-state index is 13.4. The lowest BCUT2D eigenvalue weighted by Crippen LogP contribution is -2.56. The first kappa shape index (κ1) is 21.0. The average Bonchev–Trinajstić information content (AvgIpc) is 2.78. The zero-order valence-corrected chi connectivity index (χ0v) is 18.9. The number of methoxy groups -OCH3 is 1. The SMILES string of the molecule is COc1ccc(C=C2C(=O)N(c3ccccc3)C(=S)N(c3ccccc3)C2=O)cc1Br. The average molecular weight is 493 g/mol. The lowest BCUT2D eigenvalue weighted by atomic mass is 10.0. The summed E-state index contributed by atoms with van der Waals surface area (Å²) in [6.07, 6.45) is 1.57. The van der Waals surface area contributed by atoms with Gasteiger partial charge in [-0.2, -0.15) is 0 Å². The molecule has 3 aromatic carbocycles. The summed E-state index contributed by atoms with van der Waals surface area (Å²) in [6.45, 7) is 0. The third-order valence-electron chi connectivity index (χ3n) is 4.77. The van der Waals surface area contributed by atoms with Crippen molar-refractivity contribution in [3.8, 4) is 5.75 Å². The molecular weight excluding hydrogens is 476 g/mol. The van der Waals surface area contributed by atoms with Crippen LogP contribution in [0.15, 0.2) is 88.9 Å². The first-order valence-electron chi connectivity index (χ1n) is 9.39. The van der Waals surface area contributed by atoms with Crippen molar-refractivity contribution in [1.29, 1.82) is 0 Å². The van der Waals surface area contributed by atoms with Gasteiger partial charge in [-0.15, -0.1) is 0 Å². The molecule has 1 fully saturated rings. The van der Waals surface area contributed by atoms with Gasteiger partial charge in [0.05, 0.1) is 23.0 Å².